The van der Waals surface area contributed by atoms with Crippen molar-refractivity contribution in [3.05, 3.63) is 64.7 Å². The number of hydrogen-bond acceptors (Lipinski definition) is 3. The van der Waals surface area contributed by atoms with E-state index in [1.807, 2.05) is 60.4 Å². The maximum atomic E-state index is 12.9. The van der Waals surface area contributed by atoms with Crippen molar-refractivity contribution in [3.8, 4) is 5.75 Å². The van der Waals surface area contributed by atoms with Crippen molar-refractivity contribution in [3.63, 3.8) is 0 Å². The molecule has 1 fully saturated rings. The molecule has 26 heavy (non-hydrogen) atoms. The Morgan fingerprint density at radius 1 is 1.23 bits per heavy atom. The van der Waals surface area contributed by atoms with Crippen LogP contribution in [0.5, 0.6) is 5.75 Å². The lowest BCUT2D eigenvalue weighted by Gasteiger charge is -2.37. The fraction of sp³-hybridized carbons (Fsp3) is 0.350. The molecular formula is C20H24Cl2N2O2. The quantitative estimate of drug-likeness (QED) is 0.836. The maximum absolute atomic E-state index is 12.9. The molecule has 2 aromatic rings. The molecule has 1 unspecified atom stereocenters. The number of amides is 1. The van der Waals surface area contributed by atoms with Crippen molar-refractivity contribution in [2.24, 2.45) is 0 Å². The van der Waals surface area contributed by atoms with Gasteiger partial charge in [0, 0.05) is 24.7 Å². The fourth-order valence-corrected chi connectivity index (χ4v) is 3.43. The van der Waals surface area contributed by atoms with Crippen molar-refractivity contribution < 1.29 is 9.53 Å². The number of carbonyl (C=O) groups excluding carboxylic acids is 1. The second-order valence-electron chi connectivity index (χ2n) is 6.08. The molecule has 4 nitrogen and oxygen atoms in total. The molecule has 0 radical (unpaired) electrons. The van der Waals surface area contributed by atoms with Gasteiger partial charge in [-0.15, -0.1) is 12.4 Å². The normalized spacial score (nSPS) is 16.7. The Morgan fingerprint density at radius 2 is 1.96 bits per heavy atom. The number of ether oxygens (including phenoxy) is 1. The first kappa shape index (κ1) is 20.6. The molecule has 1 atom stereocenters. The Hall–Kier alpha value is -1.75. The summed E-state index contributed by atoms with van der Waals surface area (Å²) in [6.07, 6.45) is 0.382. The standard InChI is InChI=1S/C20H23ClN2O2.ClH/c1-2-25-16-9-7-15(8-10-16)13-20(24)23-12-11-22-14-19(23)17-5-3-4-6-18(17)21;/h3-10,19,22H,2,11-14H2,1H3;1H. The van der Waals surface area contributed by atoms with Gasteiger partial charge in [-0.2, -0.15) is 0 Å². The van der Waals surface area contributed by atoms with Gasteiger partial charge in [0.25, 0.3) is 0 Å². The first-order valence-corrected chi connectivity index (χ1v) is 9.03. The van der Waals surface area contributed by atoms with Gasteiger partial charge in [0.1, 0.15) is 5.75 Å². The highest BCUT2D eigenvalue weighted by molar-refractivity contribution is 6.31. The number of rotatable bonds is 5. The molecule has 6 heteroatoms. The van der Waals surface area contributed by atoms with E-state index < -0.39 is 0 Å². The Morgan fingerprint density at radius 3 is 2.65 bits per heavy atom. The van der Waals surface area contributed by atoms with E-state index in [-0.39, 0.29) is 24.4 Å². The lowest BCUT2D eigenvalue weighted by Crippen LogP contribution is -2.49. The summed E-state index contributed by atoms with van der Waals surface area (Å²) >= 11 is 6.36. The summed E-state index contributed by atoms with van der Waals surface area (Å²) in [6, 6.07) is 15.4. The zero-order chi connectivity index (χ0) is 17.6. The molecule has 0 spiro atoms. The van der Waals surface area contributed by atoms with Crippen molar-refractivity contribution in [1.29, 1.82) is 0 Å². The van der Waals surface area contributed by atoms with Gasteiger partial charge in [-0.05, 0) is 36.2 Å². The van der Waals surface area contributed by atoms with E-state index in [1.165, 1.54) is 0 Å². The number of carbonyl (C=O) groups is 1. The third-order valence-corrected chi connectivity index (χ3v) is 4.76. The molecule has 0 bridgehead atoms. The molecule has 0 aliphatic carbocycles. The first-order chi connectivity index (χ1) is 12.2. The van der Waals surface area contributed by atoms with Crippen LogP contribution in [0, 0.1) is 0 Å². The van der Waals surface area contributed by atoms with Crippen LogP contribution in [-0.4, -0.2) is 37.0 Å². The van der Waals surface area contributed by atoms with E-state index in [9.17, 15) is 4.79 Å². The Labute approximate surface area is 165 Å². The average molecular weight is 395 g/mol. The molecule has 2 aromatic carbocycles. The summed E-state index contributed by atoms with van der Waals surface area (Å²) in [7, 11) is 0. The van der Waals surface area contributed by atoms with Gasteiger partial charge < -0.3 is 15.0 Å². The highest BCUT2D eigenvalue weighted by Gasteiger charge is 2.28. The number of piperazine rings is 1. The Bertz CT molecular complexity index is 722. The SMILES string of the molecule is CCOc1ccc(CC(=O)N2CCNCC2c2ccccc2Cl)cc1.Cl. The van der Waals surface area contributed by atoms with Gasteiger partial charge >= 0.3 is 0 Å². The van der Waals surface area contributed by atoms with Gasteiger partial charge in [-0.25, -0.2) is 0 Å². The van der Waals surface area contributed by atoms with Crippen LogP contribution in [-0.2, 0) is 11.2 Å². The number of hydrogen-bond donors (Lipinski definition) is 1. The third kappa shape index (κ3) is 4.91. The van der Waals surface area contributed by atoms with E-state index >= 15 is 0 Å². The van der Waals surface area contributed by atoms with Crippen molar-refractivity contribution in [2.45, 2.75) is 19.4 Å². The summed E-state index contributed by atoms with van der Waals surface area (Å²) < 4.78 is 5.45. The Balaban J connectivity index is 0.00000243. The first-order valence-electron chi connectivity index (χ1n) is 8.65. The van der Waals surface area contributed by atoms with Crippen LogP contribution in [0.2, 0.25) is 5.02 Å². The lowest BCUT2D eigenvalue weighted by molar-refractivity contribution is -0.133. The molecule has 1 heterocycles. The zero-order valence-corrected chi connectivity index (χ0v) is 16.4. The second-order valence-corrected chi connectivity index (χ2v) is 6.49. The van der Waals surface area contributed by atoms with Crippen LogP contribution in [0.15, 0.2) is 48.5 Å². The fourth-order valence-electron chi connectivity index (χ4n) is 3.17. The van der Waals surface area contributed by atoms with Gasteiger partial charge in [0.15, 0.2) is 0 Å². The molecule has 1 aliphatic heterocycles. The van der Waals surface area contributed by atoms with E-state index in [1.54, 1.807) is 0 Å². The monoisotopic (exact) mass is 394 g/mol. The van der Waals surface area contributed by atoms with Gasteiger partial charge in [0.2, 0.25) is 5.91 Å². The molecule has 1 N–H and O–H groups in total. The summed E-state index contributed by atoms with van der Waals surface area (Å²) in [5, 5.41) is 4.07. The minimum absolute atomic E-state index is 0. The predicted octanol–water partition coefficient (Wildman–Crippen LogP) is 3.88. The van der Waals surface area contributed by atoms with Gasteiger partial charge in [-0.3, -0.25) is 4.79 Å². The topological polar surface area (TPSA) is 41.6 Å². The molecule has 0 aromatic heterocycles. The smallest absolute Gasteiger partial charge is 0.227 e. The summed E-state index contributed by atoms with van der Waals surface area (Å²) in [5.41, 5.74) is 1.99. The summed E-state index contributed by atoms with van der Waals surface area (Å²) in [6.45, 7) is 4.80. The van der Waals surface area contributed by atoms with Crippen LogP contribution in [0.1, 0.15) is 24.1 Å². The zero-order valence-electron chi connectivity index (χ0n) is 14.8. The summed E-state index contributed by atoms with van der Waals surface area (Å²) in [5.74, 6) is 0.949. The molecule has 3 rings (SSSR count). The van der Waals surface area contributed by atoms with Crippen LogP contribution in [0.4, 0.5) is 0 Å². The largest absolute Gasteiger partial charge is 0.494 e. The van der Waals surface area contributed by atoms with E-state index in [0.717, 1.165) is 30.0 Å². The number of benzene rings is 2. The van der Waals surface area contributed by atoms with E-state index in [2.05, 4.69) is 5.32 Å². The van der Waals surface area contributed by atoms with Crippen LogP contribution >= 0.6 is 24.0 Å². The highest BCUT2D eigenvalue weighted by Crippen LogP contribution is 2.29. The second kappa shape index (κ2) is 9.81. The molecule has 0 saturated carbocycles. The van der Waals surface area contributed by atoms with E-state index in [4.69, 9.17) is 16.3 Å². The van der Waals surface area contributed by atoms with E-state index in [0.29, 0.717) is 24.6 Å². The number of nitrogens with one attached hydrogen (secondary N) is 1. The average Bonchev–Trinajstić information content (AvgIpc) is 2.64. The number of nitrogens with zero attached hydrogens (tertiary/aromatic N) is 1. The minimum atomic E-state index is -0.0300. The molecule has 1 saturated heterocycles. The number of halogens is 2. The van der Waals surface area contributed by atoms with Crippen LogP contribution < -0.4 is 10.1 Å². The molecule has 140 valence electrons. The minimum Gasteiger partial charge on any atom is -0.494 e. The third-order valence-electron chi connectivity index (χ3n) is 4.42. The van der Waals surface area contributed by atoms with Gasteiger partial charge in [0.05, 0.1) is 19.1 Å². The maximum Gasteiger partial charge on any atom is 0.227 e. The predicted molar refractivity (Wildman–Crippen MR) is 107 cm³/mol. The molecule has 1 amide bonds. The molecule has 1 aliphatic rings. The van der Waals surface area contributed by atoms with Gasteiger partial charge in [-0.1, -0.05) is 41.9 Å². The Kier molecular flexibility index (Phi) is 7.76. The van der Waals surface area contributed by atoms with Crippen molar-refractivity contribution in [2.75, 3.05) is 26.2 Å². The van der Waals surface area contributed by atoms with Crippen molar-refractivity contribution in [1.82, 2.24) is 10.2 Å². The van der Waals surface area contributed by atoms with Crippen LogP contribution in [0.25, 0.3) is 0 Å². The van der Waals surface area contributed by atoms with Crippen molar-refractivity contribution >= 4 is 29.9 Å². The lowest BCUT2D eigenvalue weighted by atomic mass is 10.0. The van der Waals surface area contributed by atoms with Crippen LogP contribution in [0.3, 0.4) is 0 Å². The summed E-state index contributed by atoms with van der Waals surface area (Å²) in [4.78, 5) is 14.8. The highest BCUT2D eigenvalue weighted by atomic mass is 35.5. The molecular weight excluding hydrogens is 371 g/mol.